The van der Waals surface area contributed by atoms with Gasteiger partial charge < -0.3 is 9.47 Å². The molecule has 2 aromatic carbocycles. The molecule has 0 fully saturated rings. The third-order valence-corrected chi connectivity index (χ3v) is 4.61. The van der Waals surface area contributed by atoms with E-state index in [1.54, 1.807) is 30.3 Å². The molecule has 0 amide bonds. The van der Waals surface area contributed by atoms with E-state index in [1.807, 2.05) is 0 Å². The van der Waals surface area contributed by atoms with Crippen LogP contribution in [0.25, 0.3) is 0 Å². The van der Waals surface area contributed by atoms with Crippen molar-refractivity contribution >= 4 is 31.6 Å². The van der Waals surface area contributed by atoms with Crippen LogP contribution in [0, 0.1) is 0 Å². The molecule has 0 radical (unpaired) electrons. The van der Waals surface area contributed by atoms with Gasteiger partial charge in [0.1, 0.15) is 11.5 Å². The summed E-state index contributed by atoms with van der Waals surface area (Å²) in [6.07, 6.45) is 0. The number of methoxy groups -OCH3 is 2. The van der Waals surface area contributed by atoms with Crippen LogP contribution in [0.2, 0.25) is 0 Å². The first-order valence-corrected chi connectivity index (χ1v) is 8.24. The number of hydrogen-bond donors (Lipinski definition) is 1. The Morgan fingerprint density at radius 3 is 2.43 bits per heavy atom. The van der Waals surface area contributed by atoms with Crippen LogP contribution < -0.4 is 14.2 Å². The maximum absolute atomic E-state index is 12.4. The van der Waals surface area contributed by atoms with Gasteiger partial charge >= 0.3 is 0 Å². The molecule has 0 aliphatic heterocycles. The van der Waals surface area contributed by atoms with Gasteiger partial charge in [0.05, 0.1) is 24.8 Å². The molecule has 7 heteroatoms. The summed E-state index contributed by atoms with van der Waals surface area (Å²) < 4.78 is 38.2. The summed E-state index contributed by atoms with van der Waals surface area (Å²) >= 11 is 3.25. The van der Waals surface area contributed by atoms with Crippen molar-refractivity contribution in [1.82, 2.24) is 0 Å². The lowest BCUT2D eigenvalue weighted by molar-refractivity contribution is 0.405. The zero-order chi connectivity index (χ0) is 15.5. The zero-order valence-electron chi connectivity index (χ0n) is 11.5. The second-order valence-electron chi connectivity index (χ2n) is 4.13. The minimum absolute atomic E-state index is 0.154. The summed E-state index contributed by atoms with van der Waals surface area (Å²) in [5.41, 5.74) is 0.317. The quantitative estimate of drug-likeness (QED) is 0.875. The topological polar surface area (TPSA) is 64.6 Å². The smallest absolute Gasteiger partial charge is 0.262 e. The lowest BCUT2D eigenvalue weighted by atomic mass is 10.3. The van der Waals surface area contributed by atoms with Gasteiger partial charge in [-0.15, -0.1) is 0 Å². The monoisotopic (exact) mass is 371 g/mol. The van der Waals surface area contributed by atoms with Crippen LogP contribution in [-0.4, -0.2) is 22.6 Å². The van der Waals surface area contributed by atoms with Crippen molar-refractivity contribution in [3.8, 4) is 11.5 Å². The Hall–Kier alpha value is -1.73. The molecular weight excluding hydrogens is 358 g/mol. The lowest BCUT2D eigenvalue weighted by Gasteiger charge is -2.13. The van der Waals surface area contributed by atoms with Gasteiger partial charge in [0.15, 0.2) is 0 Å². The summed E-state index contributed by atoms with van der Waals surface area (Å²) in [5, 5.41) is 0. The van der Waals surface area contributed by atoms with Crippen molar-refractivity contribution < 1.29 is 17.9 Å². The van der Waals surface area contributed by atoms with Crippen LogP contribution >= 0.6 is 15.9 Å². The molecule has 112 valence electrons. The summed E-state index contributed by atoms with van der Waals surface area (Å²) in [4.78, 5) is 0.154. The molecule has 0 unspecified atom stereocenters. The van der Waals surface area contributed by atoms with Crippen molar-refractivity contribution in [3.63, 3.8) is 0 Å². The number of rotatable bonds is 5. The van der Waals surface area contributed by atoms with Gasteiger partial charge in [-0.05, 0) is 30.3 Å². The summed E-state index contributed by atoms with van der Waals surface area (Å²) in [6.45, 7) is 0. The molecule has 0 aromatic heterocycles. The average molecular weight is 372 g/mol. The highest BCUT2D eigenvalue weighted by Gasteiger charge is 2.17. The number of anilines is 1. The fourth-order valence-electron chi connectivity index (χ4n) is 1.73. The molecule has 21 heavy (non-hydrogen) atoms. The molecular formula is C14H14BrNO4S. The highest BCUT2D eigenvalue weighted by Crippen LogP contribution is 2.31. The number of halogens is 1. The van der Waals surface area contributed by atoms with Gasteiger partial charge in [-0.25, -0.2) is 8.42 Å². The van der Waals surface area contributed by atoms with Gasteiger partial charge in [0.2, 0.25) is 0 Å². The van der Waals surface area contributed by atoms with Crippen LogP contribution in [0.1, 0.15) is 0 Å². The SMILES string of the molecule is COc1ccc(OC)c(NS(=O)(=O)c2cccc(Br)c2)c1. The summed E-state index contributed by atoms with van der Waals surface area (Å²) in [7, 11) is -0.730. The fraction of sp³-hybridized carbons (Fsp3) is 0.143. The van der Waals surface area contributed by atoms with Crippen LogP contribution in [0.3, 0.4) is 0 Å². The van der Waals surface area contributed by atoms with Crippen molar-refractivity contribution in [2.45, 2.75) is 4.90 Å². The first kappa shape index (κ1) is 15.7. The third kappa shape index (κ3) is 3.68. The van der Waals surface area contributed by atoms with E-state index in [0.717, 1.165) is 0 Å². The van der Waals surface area contributed by atoms with Gasteiger partial charge in [0.25, 0.3) is 10.0 Å². The molecule has 0 atom stereocenters. The molecule has 2 rings (SSSR count). The number of ether oxygens (including phenoxy) is 2. The van der Waals surface area contributed by atoms with Crippen LogP contribution in [-0.2, 0) is 10.0 Å². The predicted molar refractivity (Wildman–Crippen MR) is 84.5 cm³/mol. The zero-order valence-corrected chi connectivity index (χ0v) is 13.9. The Morgan fingerprint density at radius 1 is 1.05 bits per heavy atom. The number of hydrogen-bond acceptors (Lipinski definition) is 4. The maximum Gasteiger partial charge on any atom is 0.262 e. The fourth-order valence-corrected chi connectivity index (χ4v) is 3.39. The Balaban J connectivity index is 2.40. The Labute approximate surface area is 132 Å². The first-order chi connectivity index (χ1) is 9.96. The second-order valence-corrected chi connectivity index (χ2v) is 6.73. The molecule has 0 spiro atoms. The average Bonchev–Trinajstić information content (AvgIpc) is 2.46. The second kappa shape index (κ2) is 6.36. The minimum Gasteiger partial charge on any atom is -0.497 e. The van der Waals surface area contributed by atoms with Gasteiger partial charge in [-0.3, -0.25) is 4.72 Å². The normalized spacial score (nSPS) is 11.0. The van der Waals surface area contributed by atoms with Gasteiger partial charge in [-0.2, -0.15) is 0 Å². The highest BCUT2D eigenvalue weighted by molar-refractivity contribution is 9.10. The Morgan fingerprint density at radius 2 is 1.81 bits per heavy atom. The lowest BCUT2D eigenvalue weighted by Crippen LogP contribution is -2.13. The Bertz CT molecular complexity index is 746. The largest absolute Gasteiger partial charge is 0.497 e. The maximum atomic E-state index is 12.4. The minimum atomic E-state index is -3.71. The van der Waals surface area contributed by atoms with Gasteiger partial charge in [-0.1, -0.05) is 22.0 Å². The molecule has 0 aliphatic carbocycles. The molecule has 0 bridgehead atoms. The summed E-state index contributed by atoms with van der Waals surface area (Å²) in [5.74, 6) is 0.942. The highest BCUT2D eigenvalue weighted by atomic mass is 79.9. The van der Waals surface area contributed by atoms with Crippen LogP contribution in [0.15, 0.2) is 51.8 Å². The van der Waals surface area contributed by atoms with Crippen molar-refractivity contribution in [3.05, 3.63) is 46.9 Å². The van der Waals surface area contributed by atoms with Crippen molar-refractivity contribution in [2.75, 3.05) is 18.9 Å². The van der Waals surface area contributed by atoms with Gasteiger partial charge in [0, 0.05) is 10.5 Å². The molecule has 0 aliphatic rings. The van der Waals surface area contributed by atoms with Crippen molar-refractivity contribution in [1.29, 1.82) is 0 Å². The van der Waals surface area contributed by atoms with Crippen molar-refractivity contribution in [2.24, 2.45) is 0 Å². The molecule has 0 saturated heterocycles. The van der Waals surface area contributed by atoms with E-state index in [0.29, 0.717) is 21.7 Å². The summed E-state index contributed by atoms with van der Waals surface area (Å²) in [6, 6.07) is 11.3. The van der Waals surface area contributed by atoms with E-state index < -0.39 is 10.0 Å². The van der Waals surface area contributed by atoms with E-state index in [-0.39, 0.29) is 4.90 Å². The predicted octanol–water partition coefficient (Wildman–Crippen LogP) is 3.27. The van der Waals surface area contributed by atoms with E-state index in [9.17, 15) is 8.42 Å². The number of benzene rings is 2. The number of sulfonamides is 1. The molecule has 0 saturated carbocycles. The van der Waals surface area contributed by atoms with E-state index in [1.165, 1.54) is 26.4 Å². The molecule has 0 heterocycles. The van der Waals surface area contributed by atoms with Crippen LogP contribution in [0.5, 0.6) is 11.5 Å². The number of nitrogens with one attached hydrogen (secondary N) is 1. The Kier molecular flexibility index (Phi) is 4.74. The third-order valence-electron chi connectivity index (χ3n) is 2.76. The van der Waals surface area contributed by atoms with E-state index in [2.05, 4.69) is 20.7 Å². The van der Waals surface area contributed by atoms with E-state index in [4.69, 9.17) is 9.47 Å². The molecule has 1 N–H and O–H groups in total. The standard InChI is InChI=1S/C14H14BrNO4S/c1-19-11-6-7-14(20-2)13(9-11)16-21(17,18)12-5-3-4-10(15)8-12/h3-9,16H,1-2H3. The molecule has 2 aromatic rings. The molecule has 5 nitrogen and oxygen atoms in total. The van der Waals surface area contributed by atoms with Crippen LogP contribution in [0.4, 0.5) is 5.69 Å². The van der Waals surface area contributed by atoms with E-state index >= 15 is 0 Å². The first-order valence-electron chi connectivity index (χ1n) is 5.96.